The highest BCUT2D eigenvalue weighted by Crippen LogP contribution is 2.36. The minimum Gasteiger partial charge on any atom is -0.387 e. The summed E-state index contributed by atoms with van der Waals surface area (Å²) in [5.74, 6) is 0.247. The number of aromatic nitrogens is 1. The van der Waals surface area contributed by atoms with Crippen molar-refractivity contribution in [2.24, 2.45) is 5.92 Å². The number of piperidine rings is 1. The lowest BCUT2D eigenvalue weighted by Gasteiger charge is -2.40. The van der Waals surface area contributed by atoms with E-state index < -0.39 is 6.10 Å². The van der Waals surface area contributed by atoms with Crippen molar-refractivity contribution in [1.82, 2.24) is 9.88 Å². The molecule has 1 fully saturated rings. The van der Waals surface area contributed by atoms with Gasteiger partial charge in [0.25, 0.3) is 0 Å². The normalized spacial score (nSPS) is 28.1. The number of benzene rings is 1. The van der Waals surface area contributed by atoms with Gasteiger partial charge in [0.2, 0.25) is 0 Å². The van der Waals surface area contributed by atoms with Crippen LogP contribution in [0.3, 0.4) is 0 Å². The van der Waals surface area contributed by atoms with Gasteiger partial charge in [0.15, 0.2) is 0 Å². The Morgan fingerprint density at radius 1 is 1.36 bits per heavy atom. The van der Waals surface area contributed by atoms with Gasteiger partial charge in [0.1, 0.15) is 5.82 Å². The van der Waals surface area contributed by atoms with Crippen molar-refractivity contribution in [2.45, 2.75) is 37.4 Å². The lowest BCUT2D eigenvalue weighted by atomic mass is 9.83. The van der Waals surface area contributed by atoms with E-state index in [-0.39, 0.29) is 17.8 Å². The molecule has 6 heteroatoms. The molecule has 0 amide bonds. The molecule has 1 saturated heterocycles. The third kappa shape index (κ3) is 4.08. The minimum absolute atomic E-state index is 0.0131. The summed E-state index contributed by atoms with van der Waals surface area (Å²) in [6.07, 6.45) is 3.88. The fraction of sp³-hybridized carbons (Fsp3) is 0.500. The molecule has 1 aliphatic carbocycles. The monoisotopic (exact) mass is 404 g/mol. The zero-order chi connectivity index (χ0) is 19.7. The average molecular weight is 405 g/mol. The topological polar surface area (TPSA) is 45.6 Å². The van der Waals surface area contributed by atoms with Gasteiger partial charge in [-0.2, -0.15) is 0 Å². The van der Waals surface area contributed by atoms with E-state index in [1.807, 2.05) is 6.07 Å². The number of halogens is 2. The van der Waals surface area contributed by atoms with E-state index in [2.05, 4.69) is 16.0 Å². The molecule has 2 aliphatic rings. The molecule has 1 aromatic heterocycles. The molecular formula is C22H26ClFN2O2. The molecule has 2 unspecified atom stereocenters. The van der Waals surface area contributed by atoms with E-state index in [1.165, 1.54) is 12.1 Å². The number of hydrogen-bond acceptors (Lipinski definition) is 4. The number of nitrogens with zero attached hydrogens (tertiary/aromatic N) is 2. The van der Waals surface area contributed by atoms with Crippen LogP contribution in [0.5, 0.6) is 0 Å². The van der Waals surface area contributed by atoms with E-state index in [0.29, 0.717) is 10.9 Å². The second-order valence-electron chi connectivity index (χ2n) is 7.96. The van der Waals surface area contributed by atoms with Crippen LogP contribution in [0.15, 0.2) is 36.5 Å². The van der Waals surface area contributed by atoms with Crippen LogP contribution in [0.25, 0.3) is 0 Å². The van der Waals surface area contributed by atoms with Gasteiger partial charge in [-0.15, -0.1) is 0 Å². The van der Waals surface area contributed by atoms with Gasteiger partial charge in [0, 0.05) is 37.3 Å². The number of ether oxygens (including phenoxy) is 1. The Kier molecular flexibility index (Phi) is 5.97. The van der Waals surface area contributed by atoms with Gasteiger partial charge in [0.05, 0.1) is 17.9 Å². The minimum atomic E-state index is -0.483. The zero-order valence-corrected chi connectivity index (χ0v) is 16.8. The fourth-order valence-corrected chi connectivity index (χ4v) is 5.10. The average Bonchev–Trinajstić information content (AvgIpc) is 2.68. The summed E-state index contributed by atoms with van der Waals surface area (Å²) in [4.78, 5) is 6.76. The lowest BCUT2D eigenvalue weighted by molar-refractivity contribution is 0.00523. The Balaban J connectivity index is 1.42. The Morgan fingerprint density at radius 2 is 2.21 bits per heavy atom. The van der Waals surface area contributed by atoms with Gasteiger partial charge >= 0.3 is 0 Å². The number of likely N-dealkylation sites (tertiary alicyclic amines) is 1. The van der Waals surface area contributed by atoms with Gasteiger partial charge in [-0.25, -0.2) is 4.39 Å². The molecule has 0 radical (unpaired) electrons. The van der Waals surface area contributed by atoms with Gasteiger partial charge in [-0.1, -0.05) is 23.7 Å². The first-order valence-corrected chi connectivity index (χ1v) is 10.2. The van der Waals surface area contributed by atoms with Crippen molar-refractivity contribution < 1.29 is 14.2 Å². The van der Waals surface area contributed by atoms with Crippen LogP contribution in [0.4, 0.5) is 4.39 Å². The Hall–Kier alpha value is -1.53. The Labute approximate surface area is 170 Å². The third-order valence-electron chi connectivity index (χ3n) is 6.13. The Morgan fingerprint density at radius 3 is 3.00 bits per heavy atom. The smallest absolute Gasteiger partial charge is 0.124 e. The van der Waals surface area contributed by atoms with Crippen LogP contribution < -0.4 is 0 Å². The van der Waals surface area contributed by atoms with Gasteiger partial charge in [-0.05, 0) is 61.1 Å². The van der Waals surface area contributed by atoms with Crippen molar-refractivity contribution in [1.29, 1.82) is 0 Å². The molecule has 150 valence electrons. The standard InChI is InChI=1S/C22H26ClFN2O2/c1-28-21-13-26(8-6-18(21)17-5-4-16(24)11-19(17)23)12-14-9-15-3-2-7-25-22(15)20(27)10-14/h2-5,7,11,14,18,20-21,27H,6,8-10,12-13H2,1H3/t14-,18?,20+,21?/m1/s1. The second-order valence-corrected chi connectivity index (χ2v) is 8.37. The number of aliphatic hydroxyl groups is 1. The number of pyridine rings is 1. The first-order chi connectivity index (χ1) is 13.5. The van der Waals surface area contributed by atoms with Crippen molar-refractivity contribution in [3.8, 4) is 0 Å². The summed E-state index contributed by atoms with van der Waals surface area (Å²) in [6.45, 7) is 2.67. The summed E-state index contributed by atoms with van der Waals surface area (Å²) >= 11 is 6.30. The molecule has 4 atom stereocenters. The predicted molar refractivity (Wildman–Crippen MR) is 107 cm³/mol. The van der Waals surface area contributed by atoms with Crippen LogP contribution >= 0.6 is 11.6 Å². The van der Waals surface area contributed by atoms with Gasteiger partial charge in [-0.3, -0.25) is 4.98 Å². The molecule has 4 nitrogen and oxygen atoms in total. The highest BCUT2D eigenvalue weighted by molar-refractivity contribution is 6.31. The Bertz CT molecular complexity index is 834. The van der Waals surface area contributed by atoms with Crippen LogP contribution in [0.1, 0.15) is 41.7 Å². The van der Waals surface area contributed by atoms with Crippen LogP contribution in [-0.4, -0.2) is 47.8 Å². The van der Waals surface area contributed by atoms with E-state index in [0.717, 1.165) is 55.7 Å². The zero-order valence-electron chi connectivity index (χ0n) is 16.0. The summed E-state index contributed by atoms with van der Waals surface area (Å²) in [5.41, 5.74) is 2.95. The number of methoxy groups -OCH3 is 1. The largest absolute Gasteiger partial charge is 0.387 e. The first-order valence-electron chi connectivity index (χ1n) is 9.87. The first kappa shape index (κ1) is 19.8. The maximum Gasteiger partial charge on any atom is 0.124 e. The van der Waals surface area contributed by atoms with Crippen molar-refractivity contribution in [3.05, 3.63) is 64.2 Å². The van der Waals surface area contributed by atoms with Crippen LogP contribution in [-0.2, 0) is 11.2 Å². The van der Waals surface area contributed by atoms with Crippen LogP contribution in [0.2, 0.25) is 5.02 Å². The number of rotatable bonds is 4. The molecule has 0 spiro atoms. The highest BCUT2D eigenvalue weighted by Gasteiger charge is 2.34. The lowest BCUT2D eigenvalue weighted by Crippen LogP contribution is -2.46. The maximum absolute atomic E-state index is 13.4. The van der Waals surface area contributed by atoms with E-state index >= 15 is 0 Å². The molecular weight excluding hydrogens is 379 g/mol. The molecule has 1 aliphatic heterocycles. The van der Waals surface area contributed by atoms with Crippen molar-refractivity contribution >= 4 is 11.6 Å². The highest BCUT2D eigenvalue weighted by atomic mass is 35.5. The summed E-state index contributed by atoms with van der Waals surface area (Å²) in [5, 5.41) is 10.9. The second kappa shape index (κ2) is 8.46. The molecule has 2 aromatic rings. The summed E-state index contributed by atoms with van der Waals surface area (Å²) in [7, 11) is 1.73. The third-order valence-corrected chi connectivity index (χ3v) is 6.46. The number of hydrogen-bond donors (Lipinski definition) is 1. The number of fused-ring (bicyclic) bond motifs is 1. The molecule has 0 bridgehead atoms. The number of aliphatic hydroxyl groups excluding tert-OH is 1. The molecule has 2 heterocycles. The molecule has 28 heavy (non-hydrogen) atoms. The van der Waals surface area contributed by atoms with Gasteiger partial charge < -0.3 is 14.7 Å². The fourth-order valence-electron chi connectivity index (χ4n) is 4.79. The SMILES string of the molecule is COC1CN(C[C@@H]2Cc3cccnc3[C@@H](O)C2)CCC1c1ccc(F)cc1Cl. The molecule has 0 saturated carbocycles. The van der Waals surface area contributed by atoms with Crippen LogP contribution in [0, 0.1) is 11.7 Å². The van der Waals surface area contributed by atoms with Crippen molar-refractivity contribution in [2.75, 3.05) is 26.7 Å². The maximum atomic E-state index is 13.4. The van der Waals surface area contributed by atoms with Crippen molar-refractivity contribution in [3.63, 3.8) is 0 Å². The summed E-state index contributed by atoms with van der Waals surface area (Å²) < 4.78 is 19.2. The molecule has 1 aromatic carbocycles. The van der Waals surface area contributed by atoms with E-state index in [1.54, 1.807) is 19.4 Å². The molecule has 1 N–H and O–H groups in total. The van der Waals surface area contributed by atoms with E-state index in [4.69, 9.17) is 16.3 Å². The predicted octanol–water partition coefficient (Wildman–Crippen LogP) is 3.97. The molecule has 4 rings (SSSR count). The van der Waals surface area contributed by atoms with E-state index in [9.17, 15) is 9.50 Å². The summed E-state index contributed by atoms with van der Waals surface area (Å²) in [6, 6.07) is 8.64. The quantitative estimate of drug-likeness (QED) is 0.837.